The van der Waals surface area contributed by atoms with Gasteiger partial charge in [-0.2, -0.15) is 0 Å². The summed E-state index contributed by atoms with van der Waals surface area (Å²) < 4.78 is 19.2. The molecule has 0 unspecified atom stereocenters. The van der Waals surface area contributed by atoms with Crippen LogP contribution >= 0.6 is 23.9 Å². The van der Waals surface area contributed by atoms with E-state index < -0.39 is 0 Å². The summed E-state index contributed by atoms with van der Waals surface area (Å²) in [5.41, 5.74) is 2.18. The fourth-order valence-electron chi connectivity index (χ4n) is 1.37. The average molecular weight is 292 g/mol. The van der Waals surface area contributed by atoms with Gasteiger partial charge in [0.15, 0.2) is 0 Å². The van der Waals surface area contributed by atoms with E-state index in [1.165, 1.54) is 23.9 Å². The highest BCUT2D eigenvalue weighted by molar-refractivity contribution is 7.97. The molecule has 0 bridgehead atoms. The Kier molecular flexibility index (Phi) is 13.4. The van der Waals surface area contributed by atoms with Gasteiger partial charge in [-0.1, -0.05) is 6.92 Å². The Labute approximate surface area is 119 Å². The molecule has 0 radical (unpaired) electrons. The summed E-state index contributed by atoms with van der Waals surface area (Å²) in [6.07, 6.45) is 6.75. The number of ether oxygens (including phenoxy) is 2. The van der Waals surface area contributed by atoms with E-state index in [-0.39, 0.29) is 0 Å². The molecular formula is C12H24N2O2S2. The number of rotatable bonds is 11. The molecule has 0 aliphatic heterocycles. The molecule has 0 atom stereocenters. The minimum atomic E-state index is 0.653. The van der Waals surface area contributed by atoms with E-state index in [1.54, 1.807) is 7.11 Å². The topological polar surface area (TPSA) is 43.2 Å². The van der Waals surface area contributed by atoms with Gasteiger partial charge in [-0.05, 0) is 43.2 Å². The second-order valence-corrected chi connectivity index (χ2v) is 4.60. The summed E-state index contributed by atoms with van der Waals surface area (Å²) in [5, 5.41) is 0. The third-order valence-corrected chi connectivity index (χ3v) is 3.01. The van der Waals surface area contributed by atoms with Crippen molar-refractivity contribution in [3.63, 3.8) is 0 Å². The lowest BCUT2D eigenvalue weighted by molar-refractivity contribution is 0.0701. The zero-order valence-electron chi connectivity index (χ0n) is 11.8. The first-order valence-corrected chi connectivity index (χ1v) is 8.43. The van der Waals surface area contributed by atoms with E-state index in [2.05, 4.69) is 15.7 Å². The Morgan fingerprint density at radius 3 is 2.22 bits per heavy atom. The largest absolute Gasteiger partial charge is 0.382 e. The first kappa shape index (κ1) is 18.0. The van der Waals surface area contributed by atoms with Gasteiger partial charge >= 0.3 is 0 Å². The number of nitrogens with zero attached hydrogens (tertiary/aromatic N) is 2. The molecule has 0 aliphatic carbocycles. The highest BCUT2D eigenvalue weighted by Crippen LogP contribution is 2.08. The molecule has 0 aromatic carbocycles. The molecular weight excluding hydrogens is 268 g/mol. The Hall–Kier alpha value is -0.0400. The van der Waals surface area contributed by atoms with Crippen molar-refractivity contribution in [2.45, 2.75) is 26.2 Å². The molecule has 6 heteroatoms. The summed E-state index contributed by atoms with van der Waals surface area (Å²) >= 11 is 2.98. The Morgan fingerprint density at radius 1 is 1.00 bits per heavy atom. The zero-order valence-corrected chi connectivity index (χ0v) is 13.4. The number of methoxy groups -OCH3 is 1. The monoisotopic (exact) mass is 292 g/mol. The van der Waals surface area contributed by atoms with Gasteiger partial charge in [-0.15, -0.1) is 0 Å². The Morgan fingerprint density at radius 2 is 1.67 bits per heavy atom. The number of hydrogen-bond acceptors (Lipinski definition) is 6. The van der Waals surface area contributed by atoms with Gasteiger partial charge in [0.25, 0.3) is 0 Å². The van der Waals surface area contributed by atoms with Crippen LogP contribution in [0.25, 0.3) is 0 Å². The maximum Gasteiger partial charge on any atom is 0.0708 e. The molecule has 0 aromatic heterocycles. The number of hydrogen-bond donors (Lipinski definition) is 0. The van der Waals surface area contributed by atoms with Crippen molar-refractivity contribution in [1.82, 2.24) is 0 Å². The molecule has 0 saturated carbocycles. The molecule has 4 nitrogen and oxygen atoms in total. The van der Waals surface area contributed by atoms with Crippen LogP contribution in [-0.2, 0) is 9.47 Å². The molecule has 0 amide bonds. The fraction of sp³-hybridized carbons (Fsp3) is 0.833. The minimum Gasteiger partial charge on any atom is -0.382 e. The van der Waals surface area contributed by atoms with Crippen LogP contribution in [0.2, 0.25) is 0 Å². The molecule has 0 aliphatic rings. The van der Waals surface area contributed by atoms with Crippen molar-refractivity contribution in [3.8, 4) is 0 Å². The molecule has 0 saturated heterocycles. The second-order valence-electron chi connectivity index (χ2n) is 3.50. The molecule has 106 valence electrons. The van der Waals surface area contributed by atoms with Crippen molar-refractivity contribution >= 4 is 35.3 Å². The van der Waals surface area contributed by atoms with E-state index in [9.17, 15) is 0 Å². The van der Waals surface area contributed by atoms with E-state index in [0.717, 1.165) is 37.3 Å². The first-order chi connectivity index (χ1) is 8.79. The SMILES string of the molecule is CCC(=N\SC)/C(CCCOCCOC)=N\SC. The minimum absolute atomic E-state index is 0.653. The predicted octanol–water partition coefficient (Wildman–Crippen LogP) is 3.28. The fourth-order valence-corrected chi connectivity index (χ4v) is 2.24. The third-order valence-electron chi connectivity index (χ3n) is 2.21. The lowest BCUT2D eigenvalue weighted by Gasteiger charge is -2.08. The maximum absolute atomic E-state index is 5.44. The van der Waals surface area contributed by atoms with Crippen LogP contribution in [0.3, 0.4) is 0 Å². The smallest absolute Gasteiger partial charge is 0.0708 e. The van der Waals surface area contributed by atoms with Crippen molar-refractivity contribution in [2.24, 2.45) is 8.80 Å². The van der Waals surface area contributed by atoms with Crippen LogP contribution in [0.4, 0.5) is 0 Å². The summed E-state index contributed by atoms with van der Waals surface area (Å²) in [6.45, 7) is 4.16. The molecule has 0 spiro atoms. The first-order valence-electron chi connectivity index (χ1n) is 6.07. The predicted molar refractivity (Wildman–Crippen MR) is 84.1 cm³/mol. The van der Waals surface area contributed by atoms with Gasteiger partial charge in [-0.3, -0.25) is 0 Å². The van der Waals surface area contributed by atoms with Gasteiger partial charge in [0.2, 0.25) is 0 Å². The average Bonchev–Trinajstić information content (AvgIpc) is 2.39. The lowest BCUT2D eigenvalue weighted by Crippen LogP contribution is -2.14. The Bertz CT molecular complexity index is 258. The third kappa shape index (κ3) is 8.97. The van der Waals surface area contributed by atoms with Crippen molar-refractivity contribution in [3.05, 3.63) is 0 Å². The van der Waals surface area contributed by atoms with E-state index in [1.807, 2.05) is 12.5 Å². The van der Waals surface area contributed by atoms with Gasteiger partial charge in [0.05, 0.1) is 24.6 Å². The molecule has 0 heterocycles. The van der Waals surface area contributed by atoms with Gasteiger partial charge in [0, 0.05) is 26.2 Å². The van der Waals surface area contributed by atoms with Crippen molar-refractivity contribution < 1.29 is 9.47 Å². The van der Waals surface area contributed by atoms with Crippen LogP contribution in [0.5, 0.6) is 0 Å². The highest BCUT2D eigenvalue weighted by Gasteiger charge is 2.07. The highest BCUT2D eigenvalue weighted by atomic mass is 32.2. The Balaban J connectivity index is 4.05. The molecule has 0 fully saturated rings. The van der Waals surface area contributed by atoms with Crippen LogP contribution in [0.1, 0.15) is 26.2 Å². The standard InChI is InChI=1S/C12H24N2O2S2/c1-5-11(13-17-3)12(14-18-4)7-6-8-16-10-9-15-2/h5-10H2,1-4H3/b13-11+,14-12-. The molecule has 0 N–H and O–H groups in total. The van der Waals surface area contributed by atoms with Gasteiger partial charge in [-0.25, -0.2) is 8.80 Å². The van der Waals surface area contributed by atoms with Crippen molar-refractivity contribution in [2.75, 3.05) is 39.4 Å². The lowest BCUT2D eigenvalue weighted by atomic mass is 10.1. The van der Waals surface area contributed by atoms with E-state index >= 15 is 0 Å². The van der Waals surface area contributed by atoms with E-state index in [0.29, 0.717) is 13.2 Å². The van der Waals surface area contributed by atoms with Crippen LogP contribution in [0, 0.1) is 0 Å². The molecule has 0 rings (SSSR count). The van der Waals surface area contributed by atoms with Crippen LogP contribution in [-0.4, -0.2) is 50.9 Å². The second kappa shape index (κ2) is 13.4. The van der Waals surface area contributed by atoms with E-state index in [4.69, 9.17) is 9.47 Å². The molecule has 0 aromatic rings. The summed E-state index contributed by atoms with van der Waals surface area (Å²) in [4.78, 5) is 0. The summed E-state index contributed by atoms with van der Waals surface area (Å²) in [7, 11) is 1.68. The van der Waals surface area contributed by atoms with Crippen LogP contribution in [0.15, 0.2) is 8.80 Å². The maximum atomic E-state index is 5.44. The zero-order chi connectivity index (χ0) is 13.6. The summed E-state index contributed by atoms with van der Waals surface area (Å²) in [6, 6.07) is 0. The van der Waals surface area contributed by atoms with Gasteiger partial charge < -0.3 is 9.47 Å². The van der Waals surface area contributed by atoms with Crippen LogP contribution < -0.4 is 0 Å². The van der Waals surface area contributed by atoms with Gasteiger partial charge in [0.1, 0.15) is 0 Å². The summed E-state index contributed by atoms with van der Waals surface area (Å²) in [5.74, 6) is 0. The quantitative estimate of drug-likeness (QED) is 0.333. The normalized spacial score (nSPS) is 13.1. The molecule has 18 heavy (non-hydrogen) atoms. The van der Waals surface area contributed by atoms with Crippen molar-refractivity contribution in [1.29, 1.82) is 0 Å².